The smallest absolute Gasteiger partial charge is 0.419 e. The van der Waals surface area contributed by atoms with Gasteiger partial charge in [-0.15, -0.1) is 10.2 Å². The largest absolute Gasteiger partial charge is 0.493 e. The maximum atomic E-state index is 13.8. The van der Waals surface area contributed by atoms with Crippen LogP contribution < -0.4 is 10.5 Å². The van der Waals surface area contributed by atoms with Crippen molar-refractivity contribution in [3.8, 4) is 16.3 Å². The maximum absolute atomic E-state index is 13.8. The number of rotatable bonds is 10. The van der Waals surface area contributed by atoms with Crippen LogP contribution >= 0.6 is 11.3 Å². The quantitative estimate of drug-likeness (QED) is 0.238. The minimum atomic E-state index is -4.61. The highest BCUT2D eigenvalue weighted by Gasteiger charge is 2.46. The fourth-order valence-electron chi connectivity index (χ4n) is 4.33. The maximum Gasteiger partial charge on any atom is 0.419 e. The van der Waals surface area contributed by atoms with E-state index in [1.54, 1.807) is 13.0 Å². The van der Waals surface area contributed by atoms with Gasteiger partial charge in [0.05, 0.1) is 23.1 Å². The highest BCUT2D eigenvalue weighted by atomic mass is 32.1. The summed E-state index contributed by atoms with van der Waals surface area (Å²) in [6.45, 7) is 1.74. The van der Waals surface area contributed by atoms with E-state index in [1.807, 2.05) is 18.2 Å². The van der Waals surface area contributed by atoms with Crippen molar-refractivity contribution in [2.24, 2.45) is 11.1 Å². The van der Waals surface area contributed by atoms with Gasteiger partial charge in [0.2, 0.25) is 0 Å². The van der Waals surface area contributed by atoms with Crippen LogP contribution in [0.5, 0.6) is 5.75 Å². The van der Waals surface area contributed by atoms with Crippen LogP contribution in [0.2, 0.25) is 0 Å². The average Bonchev–Trinajstić information content (AvgIpc) is 3.48. The number of hydrogen-bond donors (Lipinski definition) is 2. The van der Waals surface area contributed by atoms with Gasteiger partial charge in [-0.05, 0) is 62.8 Å². The molecule has 1 unspecified atom stereocenters. The number of hydrogen-bond acceptors (Lipinski definition) is 6. The van der Waals surface area contributed by atoms with Crippen molar-refractivity contribution < 1.29 is 27.8 Å². The Labute approximate surface area is 217 Å². The number of aliphatic carboxylic acids is 1. The summed E-state index contributed by atoms with van der Waals surface area (Å²) in [5, 5.41) is 18.2. The zero-order valence-corrected chi connectivity index (χ0v) is 21.1. The van der Waals surface area contributed by atoms with Gasteiger partial charge in [0.1, 0.15) is 15.8 Å². The molecule has 2 aromatic carbocycles. The van der Waals surface area contributed by atoms with E-state index < -0.39 is 28.7 Å². The normalized spacial score (nSPS) is 21.3. The second-order valence-electron chi connectivity index (χ2n) is 9.54. The number of carboxylic acids is 1. The standard InChI is InChI=1S/C27H28F3N3O3S/c1-25(24(34)35)13-14-26(31,17-25)23-33-32-22(37-23)19-11-12-21(20(16-19)27(28,29)30)36-15-7-3-6-10-18-8-4-2-5-9-18/h2,4-5,8-9,11-14,16H,3,6-7,10,15,17,31H2,1H3,(H,34,35)/t25?,26-/m1/s1. The Morgan fingerprint density at radius 3 is 2.54 bits per heavy atom. The number of aryl methyl sites for hydroxylation is 1. The molecule has 0 saturated carbocycles. The van der Waals surface area contributed by atoms with Crippen molar-refractivity contribution in [2.45, 2.75) is 50.7 Å². The molecule has 3 aromatic rings. The third-order valence-electron chi connectivity index (χ3n) is 6.46. The summed E-state index contributed by atoms with van der Waals surface area (Å²) < 4.78 is 47.0. The van der Waals surface area contributed by atoms with Gasteiger partial charge in [0.25, 0.3) is 0 Å². The van der Waals surface area contributed by atoms with Crippen LogP contribution in [-0.2, 0) is 22.9 Å². The number of ether oxygens (including phenoxy) is 1. The predicted molar refractivity (Wildman–Crippen MR) is 135 cm³/mol. The molecule has 0 spiro atoms. The third kappa shape index (κ3) is 6.19. The molecule has 0 fully saturated rings. The lowest BCUT2D eigenvalue weighted by Crippen LogP contribution is -2.37. The van der Waals surface area contributed by atoms with Crippen LogP contribution in [0.1, 0.15) is 48.7 Å². The minimum Gasteiger partial charge on any atom is -0.493 e. The van der Waals surface area contributed by atoms with Crippen molar-refractivity contribution in [1.82, 2.24) is 10.2 Å². The molecule has 0 bridgehead atoms. The number of alkyl halides is 3. The number of unbranched alkanes of at least 4 members (excludes halogenated alkanes) is 2. The monoisotopic (exact) mass is 531 g/mol. The molecule has 1 aromatic heterocycles. The molecule has 0 aliphatic heterocycles. The van der Waals surface area contributed by atoms with E-state index in [0.717, 1.165) is 36.7 Å². The predicted octanol–water partition coefficient (Wildman–Crippen LogP) is 6.22. The molecule has 1 aliphatic carbocycles. The Bertz CT molecular complexity index is 1280. The molecule has 0 amide bonds. The highest BCUT2D eigenvalue weighted by Crippen LogP contribution is 2.45. The molecule has 37 heavy (non-hydrogen) atoms. The molecule has 0 saturated heterocycles. The summed E-state index contributed by atoms with van der Waals surface area (Å²) in [5.41, 5.74) is 4.67. The lowest BCUT2D eigenvalue weighted by molar-refractivity contribution is -0.145. The molecule has 10 heteroatoms. The zero-order valence-electron chi connectivity index (χ0n) is 20.3. The molecule has 2 atom stereocenters. The molecule has 3 N–H and O–H groups in total. The summed E-state index contributed by atoms with van der Waals surface area (Å²) in [7, 11) is 0. The summed E-state index contributed by atoms with van der Waals surface area (Å²) in [6, 6.07) is 13.9. The van der Waals surface area contributed by atoms with Crippen molar-refractivity contribution in [2.75, 3.05) is 6.61 Å². The first-order valence-corrected chi connectivity index (χ1v) is 12.8. The van der Waals surface area contributed by atoms with Crippen LogP contribution in [-0.4, -0.2) is 27.9 Å². The van der Waals surface area contributed by atoms with Crippen molar-refractivity contribution in [1.29, 1.82) is 0 Å². The van der Waals surface area contributed by atoms with Crippen LogP contribution in [0.4, 0.5) is 13.2 Å². The Kier molecular flexibility index (Phi) is 7.70. The van der Waals surface area contributed by atoms with Crippen molar-refractivity contribution in [3.63, 3.8) is 0 Å². The molecule has 1 aliphatic rings. The fraction of sp³-hybridized carbons (Fsp3) is 0.370. The Hall–Kier alpha value is -3.24. The number of halogens is 3. The Balaban J connectivity index is 1.42. The number of nitrogens with two attached hydrogens (primary N) is 1. The second-order valence-corrected chi connectivity index (χ2v) is 10.5. The molecule has 0 radical (unpaired) electrons. The summed E-state index contributed by atoms with van der Waals surface area (Å²) in [5.74, 6) is -1.24. The van der Waals surface area contributed by atoms with E-state index in [-0.39, 0.29) is 29.3 Å². The second kappa shape index (κ2) is 10.6. The summed E-state index contributed by atoms with van der Waals surface area (Å²) in [6.07, 6.45) is 1.90. The van der Waals surface area contributed by atoms with Crippen LogP contribution in [0.3, 0.4) is 0 Å². The van der Waals surface area contributed by atoms with Crippen LogP contribution in [0.15, 0.2) is 60.7 Å². The van der Waals surface area contributed by atoms with Gasteiger partial charge >= 0.3 is 12.1 Å². The third-order valence-corrected chi connectivity index (χ3v) is 7.63. The van der Waals surface area contributed by atoms with Gasteiger partial charge in [0.15, 0.2) is 0 Å². The summed E-state index contributed by atoms with van der Waals surface area (Å²) in [4.78, 5) is 11.6. The van der Waals surface area contributed by atoms with Gasteiger partial charge in [0, 0.05) is 5.56 Å². The lowest BCUT2D eigenvalue weighted by atomic mass is 9.85. The first-order valence-electron chi connectivity index (χ1n) is 12.0. The SMILES string of the molecule is CC1(C(=O)O)C=C[C@](N)(c2nnc(-c3ccc(OCCCCCc4ccccc4)c(C(F)(F)F)c3)s2)C1. The van der Waals surface area contributed by atoms with E-state index in [0.29, 0.717) is 11.4 Å². The van der Waals surface area contributed by atoms with Gasteiger partial charge in [-0.2, -0.15) is 13.2 Å². The van der Waals surface area contributed by atoms with E-state index in [4.69, 9.17) is 10.5 Å². The van der Waals surface area contributed by atoms with Gasteiger partial charge in [-0.1, -0.05) is 53.8 Å². The molecular weight excluding hydrogens is 503 g/mol. The molecular formula is C27H28F3N3O3S. The molecule has 196 valence electrons. The average molecular weight is 532 g/mol. The van der Waals surface area contributed by atoms with Gasteiger partial charge in [-0.25, -0.2) is 0 Å². The lowest BCUT2D eigenvalue weighted by Gasteiger charge is -2.24. The van der Waals surface area contributed by atoms with Crippen LogP contribution in [0.25, 0.3) is 10.6 Å². The van der Waals surface area contributed by atoms with E-state index >= 15 is 0 Å². The number of carboxylic acid groups (broad SMARTS) is 1. The molecule has 6 nitrogen and oxygen atoms in total. The zero-order chi connectivity index (χ0) is 26.7. The van der Waals surface area contributed by atoms with E-state index in [2.05, 4.69) is 22.3 Å². The van der Waals surface area contributed by atoms with E-state index in [1.165, 1.54) is 23.8 Å². The summed E-state index contributed by atoms with van der Waals surface area (Å²) >= 11 is 1.05. The van der Waals surface area contributed by atoms with Crippen molar-refractivity contribution in [3.05, 3.63) is 76.8 Å². The van der Waals surface area contributed by atoms with Crippen molar-refractivity contribution >= 4 is 17.3 Å². The first kappa shape index (κ1) is 26.8. The van der Waals surface area contributed by atoms with Gasteiger partial charge in [-0.3, -0.25) is 4.79 Å². The number of aromatic nitrogens is 2. The molecule has 1 heterocycles. The number of benzene rings is 2. The van der Waals surface area contributed by atoms with Crippen LogP contribution in [0, 0.1) is 5.41 Å². The van der Waals surface area contributed by atoms with E-state index in [9.17, 15) is 23.1 Å². The first-order chi connectivity index (χ1) is 17.5. The van der Waals surface area contributed by atoms with Gasteiger partial charge < -0.3 is 15.6 Å². The molecule has 4 rings (SSSR count). The minimum absolute atomic E-state index is 0.0793. The Morgan fingerprint density at radius 2 is 1.86 bits per heavy atom. The Morgan fingerprint density at radius 1 is 1.11 bits per heavy atom. The highest BCUT2D eigenvalue weighted by molar-refractivity contribution is 7.14. The number of carbonyl (C=O) groups is 1. The topological polar surface area (TPSA) is 98.3 Å². The number of nitrogens with zero attached hydrogens (tertiary/aromatic N) is 2. The fourth-order valence-corrected chi connectivity index (χ4v) is 5.25.